The first-order chi connectivity index (χ1) is 11.2. The number of carbonyl (C=O) groups is 2. The molecule has 1 aromatic carbocycles. The molecule has 0 bridgehead atoms. The molecule has 1 aliphatic carbocycles. The third-order valence-electron chi connectivity index (χ3n) is 4.53. The number of unbranched alkanes of at least 4 members (excludes halogenated alkanes) is 1. The van der Waals surface area contributed by atoms with Gasteiger partial charge >= 0.3 is 5.97 Å². The summed E-state index contributed by atoms with van der Waals surface area (Å²) in [6.07, 6.45) is 6.38. The Labute approximate surface area is 137 Å². The lowest BCUT2D eigenvalue weighted by atomic mass is 9.90. The van der Waals surface area contributed by atoms with Crippen molar-refractivity contribution in [2.45, 2.75) is 45.4 Å². The minimum absolute atomic E-state index is 0.00395. The Morgan fingerprint density at radius 3 is 2.74 bits per heavy atom. The molecular formula is C18H24N2O3. The zero-order valence-electron chi connectivity index (χ0n) is 13.7. The van der Waals surface area contributed by atoms with Gasteiger partial charge in [0.1, 0.15) is 6.54 Å². The topological polar surface area (TPSA) is 58.6 Å². The average molecular weight is 316 g/mol. The SMILES string of the molecule is CCCCOC(=O)CN1C(=O)CNc2cc3c(cc21)CCCC3. The van der Waals surface area contributed by atoms with Crippen molar-refractivity contribution in [3.05, 3.63) is 23.3 Å². The van der Waals surface area contributed by atoms with Crippen molar-refractivity contribution < 1.29 is 14.3 Å². The van der Waals surface area contributed by atoms with E-state index in [1.165, 1.54) is 24.0 Å². The van der Waals surface area contributed by atoms with E-state index in [0.717, 1.165) is 37.1 Å². The van der Waals surface area contributed by atoms with E-state index in [9.17, 15) is 9.59 Å². The molecule has 1 amide bonds. The van der Waals surface area contributed by atoms with Gasteiger partial charge in [-0.3, -0.25) is 14.5 Å². The fourth-order valence-corrected chi connectivity index (χ4v) is 3.22. The Kier molecular flexibility index (Phi) is 4.84. The molecule has 124 valence electrons. The monoisotopic (exact) mass is 316 g/mol. The zero-order valence-corrected chi connectivity index (χ0v) is 13.7. The molecule has 3 rings (SSSR count). The van der Waals surface area contributed by atoms with Crippen LogP contribution in [0.1, 0.15) is 43.7 Å². The molecule has 0 unspecified atom stereocenters. The van der Waals surface area contributed by atoms with Crippen molar-refractivity contribution in [3.63, 3.8) is 0 Å². The third kappa shape index (κ3) is 3.49. The van der Waals surface area contributed by atoms with Gasteiger partial charge in [-0.2, -0.15) is 0 Å². The van der Waals surface area contributed by atoms with E-state index in [2.05, 4.69) is 17.4 Å². The second-order valence-electron chi connectivity index (χ2n) is 6.25. The normalized spacial score (nSPS) is 16.4. The number of carbonyl (C=O) groups excluding carboxylic acids is 2. The molecule has 1 aromatic rings. The van der Waals surface area contributed by atoms with Gasteiger partial charge in [0.15, 0.2) is 0 Å². The van der Waals surface area contributed by atoms with Crippen LogP contribution in [-0.4, -0.2) is 31.6 Å². The lowest BCUT2D eigenvalue weighted by Gasteiger charge is -2.31. The van der Waals surface area contributed by atoms with Crippen molar-refractivity contribution in [1.29, 1.82) is 0 Å². The summed E-state index contributed by atoms with van der Waals surface area (Å²) < 4.78 is 5.21. The van der Waals surface area contributed by atoms with E-state index in [-0.39, 0.29) is 25.0 Å². The number of amides is 1. The highest BCUT2D eigenvalue weighted by Gasteiger charge is 2.28. The highest BCUT2D eigenvalue weighted by atomic mass is 16.5. The van der Waals surface area contributed by atoms with Crippen LogP contribution in [0.2, 0.25) is 0 Å². The molecule has 0 atom stereocenters. The second-order valence-corrected chi connectivity index (χ2v) is 6.25. The summed E-state index contributed by atoms with van der Waals surface area (Å²) in [4.78, 5) is 25.8. The van der Waals surface area contributed by atoms with Crippen LogP contribution in [0.3, 0.4) is 0 Å². The molecule has 0 saturated carbocycles. The minimum atomic E-state index is -0.336. The maximum absolute atomic E-state index is 12.2. The quantitative estimate of drug-likeness (QED) is 0.670. The Balaban J connectivity index is 1.79. The number of benzene rings is 1. The van der Waals surface area contributed by atoms with Crippen LogP contribution in [0.15, 0.2) is 12.1 Å². The van der Waals surface area contributed by atoms with Crippen molar-refractivity contribution in [3.8, 4) is 0 Å². The number of hydrogen-bond acceptors (Lipinski definition) is 4. The predicted molar refractivity (Wildman–Crippen MR) is 89.8 cm³/mol. The summed E-state index contributed by atoms with van der Waals surface area (Å²) in [6, 6.07) is 4.22. The number of hydrogen-bond donors (Lipinski definition) is 1. The first-order valence-electron chi connectivity index (χ1n) is 8.54. The van der Waals surface area contributed by atoms with Gasteiger partial charge in [-0.05, 0) is 55.4 Å². The van der Waals surface area contributed by atoms with Crippen LogP contribution in [0.5, 0.6) is 0 Å². The smallest absolute Gasteiger partial charge is 0.326 e. The van der Waals surface area contributed by atoms with Crippen LogP contribution in [0.4, 0.5) is 11.4 Å². The summed E-state index contributed by atoms with van der Waals surface area (Å²) in [7, 11) is 0. The molecule has 1 aliphatic heterocycles. The average Bonchev–Trinajstić information content (AvgIpc) is 2.56. The van der Waals surface area contributed by atoms with Gasteiger partial charge in [0.2, 0.25) is 5.91 Å². The van der Waals surface area contributed by atoms with Crippen LogP contribution in [0, 0.1) is 0 Å². The van der Waals surface area contributed by atoms with Crippen LogP contribution in [-0.2, 0) is 27.2 Å². The molecule has 0 aromatic heterocycles. The standard InChI is InChI=1S/C18H24N2O3/c1-2-3-8-23-18(22)12-20-16-10-14-7-5-4-6-13(14)9-15(16)19-11-17(20)21/h9-10,19H,2-8,11-12H2,1H3. The molecule has 0 spiro atoms. The number of aryl methyl sites for hydroxylation is 2. The number of ether oxygens (including phenoxy) is 1. The number of nitrogens with one attached hydrogen (secondary N) is 1. The van der Waals surface area contributed by atoms with Gasteiger partial charge < -0.3 is 10.1 Å². The molecule has 0 fully saturated rings. The minimum Gasteiger partial charge on any atom is -0.464 e. The molecular weight excluding hydrogens is 292 g/mol. The van der Waals surface area contributed by atoms with Crippen LogP contribution < -0.4 is 10.2 Å². The molecule has 5 nitrogen and oxygen atoms in total. The highest BCUT2D eigenvalue weighted by molar-refractivity contribution is 6.05. The van der Waals surface area contributed by atoms with Crippen molar-refractivity contribution in [2.24, 2.45) is 0 Å². The molecule has 0 radical (unpaired) electrons. The Morgan fingerprint density at radius 2 is 2.00 bits per heavy atom. The molecule has 23 heavy (non-hydrogen) atoms. The largest absolute Gasteiger partial charge is 0.464 e. The van der Waals surface area contributed by atoms with Crippen molar-refractivity contribution >= 4 is 23.3 Å². The molecule has 2 aliphatic rings. The fraction of sp³-hybridized carbons (Fsp3) is 0.556. The number of esters is 1. The lowest BCUT2D eigenvalue weighted by molar-refractivity contribution is -0.142. The number of nitrogens with zero attached hydrogens (tertiary/aromatic N) is 1. The number of rotatable bonds is 5. The summed E-state index contributed by atoms with van der Waals surface area (Å²) in [5, 5.41) is 3.17. The highest BCUT2D eigenvalue weighted by Crippen LogP contribution is 2.35. The van der Waals surface area contributed by atoms with Gasteiger partial charge in [-0.1, -0.05) is 13.3 Å². The first kappa shape index (κ1) is 15.8. The van der Waals surface area contributed by atoms with Gasteiger partial charge in [0, 0.05) is 0 Å². The summed E-state index contributed by atoms with van der Waals surface area (Å²) >= 11 is 0. The van der Waals surface area contributed by atoms with Gasteiger partial charge in [0.25, 0.3) is 0 Å². The van der Waals surface area contributed by atoms with E-state index in [0.29, 0.717) is 6.61 Å². The predicted octanol–water partition coefficient (Wildman–Crippen LogP) is 2.67. The zero-order chi connectivity index (χ0) is 16.2. The second kappa shape index (κ2) is 7.02. The number of fused-ring (bicyclic) bond motifs is 2. The summed E-state index contributed by atoms with van der Waals surface area (Å²) in [5.74, 6) is -0.418. The van der Waals surface area contributed by atoms with E-state index >= 15 is 0 Å². The maximum atomic E-state index is 12.2. The Morgan fingerprint density at radius 1 is 1.26 bits per heavy atom. The van der Waals surface area contributed by atoms with E-state index in [1.54, 1.807) is 4.90 Å². The number of anilines is 2. The first-order valence-corrected chi connectivity index (χ1v) is 8.54. The Hall–Kier alpha value is -2.04. The van der Waals surface area contributed by atoms with E-state index in [1.807, 2.05) is 6.92 Å². The van der Waals surface area contributed by atoms with Gasteiger partial charge in [-0.15, -0.1) is 0 Å². The molecule has 1 N–H and O–H groups in total. The lowest BCUT2D eigenvalue weighted by Crippen LogP contribution is -2.43. The van der Waals surface area contributed by atoms with Gasteiger partial charge in [-0.25, -0.2) is 0 Å². The van der Waals surface area contributed by atoms with Crippen molar-refractivity contribution in [2.75, 3.05) is 29.9 Å². The van der Waals surface area contributed by atoms with E-state index in [4.69, 9.17) is 4.74 Å². The van der Waals surface area contributed by atoms with E-state index < -0.39 is 0 Å². The maximum Gasteiger partial charge on any atom is 0.326 e. The van der Waals surface area contributed by atoms with Crippen LogP contribution >= 0.6 is 0 Å². The summed E-state index contributed by atoms with van der Waals surface area (Å²) in [5.41, 5.74) is 4.43. The summed E-state index contributed by atoms with van der Waals surface area (Å²) in [6.45, 7) is 2.70. The molecule has 0 saturated heterocycles. The molecule has 5 heteroatoms. The Bertz CT molecular complexity index is 613. The van der Waals surface area contributed by atoms with Gasteiger partial charge in [0.05, 0.1) is 24.5 Å². The molecule has 1 heterocycles. The fourth-order valence-electron chi connectivity index (χ4n) is 3.22. The van der Waals surface area contributed by atoms with Crippen molar-refractivity contribution in [1.82, 2.24) is 0 Å². The third-order valence-corrected chi connectivity index (χ3v) is 4.53. The van der Waals surface area contributed by atoms with Crippen LogP contribution in [0.25, 0.3) is 0 Å².